The first-order valence-electron chi connectivity index (χ1n) is 5.26. The molecule has 2 rings (SSSR count). The number of ether oxygens (including phenoxy) is 2. The normalized spacial score (nSPS) is 12.2. The summed E-state index contributed by atoms with van der Waals surface area (Å²) in [5, 5.41) is 2.23. The van der Waals surface area contributed by atoms with Gasteiger partial charge in [-0.3, -0.25) is 0 Å². The molecule has 0 aliphatic rings. The van der Waals surface area contributed by atoms with E-state index in [0.717, 1.165) is 16.2 Å². The molecule has 0 fully saturated rings. The predicted molar refractivity (Wildman–Crippen MR) is 76.6 cm³/mol. The first kappa shape index (κ1) is 13.5. The molecule has 0 bridgehead atoms. The van der Waals surface area contributed by atoms with E-state index >= 15 is 0 Å². The smallest absolute Gasteiger partial charge is 0.137 e. The maximum absolute atomic E-state index is 6.46. The second kappa shape index (κ2) is 5.83. The van der Waals surface area contributed by atoms with E-state index in [-0.39, 0.29) is 5.38 Å². The highest BCUT2D eigenvalue weighted by Gasteiger charge is 2.18. The van der Waals surface area contributed by atoms with Gasteiger partial charge in [0.05, 0.1) is 29.5 Å². The summed E-state index contributed by atoms with van der Waals surface area (Å²) >= 11 is 14.1. The first-order valence-corrected chi connectivity index (χ1v) is 6.95. The van der Waals surface area contributed by atoms with Gasteiger partial charge in [-0.2, -0.15) is 0 Å². The summed E-state index contributed by atoms with van der Waals surface area (Å²) in [6.45, 7) is 0. The molecular weight excluding hydrogens is 291 g/mol. The predicted octanol–water partition coefficient (Wildman–Crippen LogP) is 4.75. The van der Waals surface area contributed by atoms with Crippen LogP contribution in [-0.4, -0.2) is 14.2 Å². The maximum atomic E-state index is 6.46. The highest BCUT2D eigenvalue weighted by Crippen LogP contribution is 2.40. The number of benzene rings is 1. The van der Waals surface area contributed by atoms with Gasteiger partial charge in [-0.15, -0.1) is 22.9 Å². The molecule has 0 saturated carbocycles. The zero-order chi connectivity index (χ0) is 13.1. The van der Waals surface area contributed by atoms with E-state index in [1.807, 2.05) is 29.6 Å². The fraction of sp³-hybridized carbons (Fsp3) is 0.231. The van der Waals surface area contributed by atoms with Crippen LogP contribution in [0.25, 0.3) is 0 Å². The summed E-state index contributed by atoms with van der Waals surface area (Å²) in [5.41, 5.74) is 0.920. The van der Waals surface area contributed by atoms with Crippen LogP contribution in [-0.2, 0) is 0 Å². The molecule has 0 N–H and O–H groups in total. The molecule has 18 heavy (non-hydrogen) atoms. The van der Waals surface area contributed by atoms with Crippen molar-refractivity contribution in [1.82, 2.24) is 0 Å². The Morgan fingerprint density at radius 1 is 1.11 bits per heavy atom. The zero-order valence-corrected chi connectivity index (χ0v) is 12.3. The van der Waals surface area contributed by atoms with Crippen LogP contribution in [0.5, 0.6) is 11.5 Å². The molecule has 1 aromatic heterocycles. The van der Waals surface area contributed by atoms with E-state index in [1.165, 1.54) is 0 Å². The molecule has 1 atom stereocenters. The van der Waals surface area contributed by atoms with Crippen molar-refractivity contribution in [2.24, 2.45) is 0 Å². The van der Waals surface area contributed by atoms with Gasteiger partial charge < -0.3 is 9.47 Å². The molecule has 0 aliphatic heterocycles. The van der Waals surface area contributed by atoms with Crippen molar-refractivity contribution in [2.75, 3.05) is 14.2 Å². The van der Waals surface area contributed by atoms with Crippen LogP contribution in [0, 0.1) is 0 Å². The minimum atomic E-state index is -0.275. The molecule has 0 aliphatic carbocycles. The lowest BCUT2D eigenvalue weighted by atomic mass is 10.1. The van der Waals surface area contributed by atoms with Crippen molar-refractivity contribution in [1.29, 1.82) is 0 Å². The molecule has 96 valence electrons. The fourth-order valence-electron chi connectivity index (χ4n) is 1.65. The van der Waals surface area contributed by atoms with Crippen molar-refractivity contribution in [2.45, 2.75) is 5.38 Å². The van der Waals surface area contributed by atoms with E-state index in [1.54, 1.807) is 25.6 Å². The molecule has 0 spiro atoms. The monoisotopic (exact) mass is 302 g/mol. The molecule has 1 heterocycles. The number of alkyl halides is 1. The Labute approximate surface area is 120 Å². The van der Waals surface area contributed by atoms with Crippen molar-refractivity contribution < 1.29 is 9.47 Å². The van der Waals surface area contributed by atoms with Crippen LogP contribution < -0.4 is 9.47 Å². The van der Waals surface area contributed by atoms with Gasteiger partial charge in [-0.05, 0) is 29.1 Å². The third kappa shape index (κ3) is 2.58. The number of rotatable bonds is 4. The number of methoxy groups -OCH3 is 2. The lowest BCUT2D eigenvalue weighted by Gasteiger charge is -2.12. The van der Waals surface area contributed by atoms with E-state index in [4.69, 9.17) is 32.7 Å². The lowest BCUT2D eigenvalue weighted by molar-refractivity contribution is 0.412. The van der Waals surface area contributed by atoms with Crippen molar-refractivity contribution in [3.8, 4) is 11.5 Å². The number of halogens is 2. The highest BCUT2D eigenvalue weighted by molar-refractivity contribution is 7.10. The summed E-state index contributed by atoms with van der Waals surface area (Å²) < 4.78 is 10.4. The van der Waals surface area contributed by atoms with Gasteiger partial charge >= 0.3 is 0 Å². The Kier molecular flexibility index (Phi) is 4.38. The molecule has 1 unspecified atom stereocenters. The summed E-state index contributed by atoms with van der Waals surface area (Å²) in [7, 11) is 3.22. The van der Waals surface area contributed by atoms with E-state index < -0.39 is 0 Å². The topological polar surface area (TPSA) is 18.5 Å². The van der Waals surface area contributed by atoms with Gasteiger partial charge in [-0.25, -0.2) is 0 Å². The summed E-state index contributed by atoms with van der Waals surface area (Å²) in [6, 6.07) is 7.44. The Hall–Kier alpha value is -0.900. The minimum Gasteiger partial charge on any atom is -0.496 e. The van der Waals surface area contributed by atoms with Gasteiger partial charge in [0, 0.05) is 0 Å². The third-order valence-electron chi connectivity index (χ3n) is 2.58. The third-order valence-corrected chi connectivity index (χ3v) is 4.43. The summed E-state index contributed by atoms with van der Waals surface area (Å²) in [6.07, 6.45) is 0. The zero-order valence-electron chi connectivity index (χ0n) is 9.94. The molecule has 0 saturated heterocycles. The largest absolute Gasteiger partial charge is 0.496 e. The van der Waals surface area contributed by atoms with Crippen molar-refractivity contribution >= 4 is 34.5 Å². The highest BCUT2D eigenvalue weighted by atomic mass is 35.5. The van der Waals surface area contributed by atoms with Gasteiger partial charge in [-0.1, -0.05) is 17.7 Å². The van der Waals surface area contributed by atoms with Crippen LogP contribution in [0.15, 0.2) is 29.6 Å². The van der Waals surface area contributed by atoms with Gasteiger partial charge in [0.25, 0.3) is 0 Å². The van der Waals surface area contributed by atoms with E-state index in [9.17, 15) is 0 Å². The average molecular weight is 303 g/mol. The minimum absolute atomic E-state index is 0.275. The fourth-order valence-corrected chi connectivity index (χ4v) is 3.18. The van der Waals surface area contributed by atoms with Crippen LogP contribution in [0.4, 0.5) is 0 Å². The van der Waals surface area contributed by atoms with Crippen LogP contribution >= 0.6 is 34.5 Å². The van der Waals surface area contributed by atoms with E-state index in [0.29, 0.717) is 10.8 Å². The van der Waals surface area contributed by atoms with Crippen LogP contribution in [0.1, 0.15) is 15.8 Å². The Bertz CT molecular complexity index is 540. The van der Waals surface area contributed by atoms with Crippen molar-refractivity contribution in [3.63, 3.8) is 0 Å². The molecular formula is C13H12Cl2O2S. The van der Waals surface area contributed by atoms with Crippen LogP contribution in [0.2, 0.25) is 5.02 Å². The van der Waals surface area contributed by atoms with Crippen molar-refractivity contribution in [3.05, 3.63) is 45.1 Å². The van der Waals surface area contributed by atoms with Crippen LogP contribution in [0.3, 0.4) is 0 Å². The summed E-state index contributed by atoms with van der Waals surface area (Å²) in [4.78, 5) is 0.973. The number of hydrogen-bond acceptors (Lipinski definition) is 3. The molecule has 2 aromatic rings. The molecule has 1 aromatic carbocycles. The number of hydrogen-bond donors (Lipinski definition) is 0. The Morgan fingerprint density at radius 3 is 2.44 bits per heavy atom. The standard InChI is InChI=1S/C13H12Cl2O2S/c1-16-10-4-3-8(7-9(10)14)12(15)13-11(17-2)5-6-18-13/h3-7,12H,1-2H3. The molecule has 5 heteroatoms. The molecule has 0 amide bonds. The van der Waals surface area contributed by atoms with Gasteiger partial charge in [0.2, 0.25) is 0 Å². The number of thiophene rings is 1. The SMILES string of the molecule is COc1ccc(C(Cl)c2sccc2OC)cc1Cl. The average Bonchev–Trinajstić information content (AvgIpc) is 2.86. The maximum Gasteiger partial charge on any atom is 0.137 e. The Morgan fingerprint density at radius 2 is 1.83 bits per heavy atom. The lowest BCUT2D eigenvalue weighted by Crippen LogP contribution is -1.94. The van der Waals surface area contributed by atoms with Gasteiger partial charge in [0.1, 0.15) is 11.5 Å². The van der Waals surface area contributed by atoms with Gasteiger partial charge in [0.15, 0.2) is 0 Å². The quantitative estimate of drug-likeness (QED) is 0.759. The molecule has 2 nitrogen and oxygen atoms in total. The second-order valence-corrected chi connectivity index (χ2v) is 5.40. The van der Waals surface area contributed by atoms with E-state index in [2.05, 4.69) is 0 Å². The molecule has 0 radical (unpaired) electrons. The first-order chi connectivity index (χ1) is 8.67. The Balaban J connectivity index is 2.34. The second-order valence-electron chi connectivity index (χ2n) is 3.61. The summed E-state index contributed by atoms with van der Waals surface area (Å²) in [5.74, 6) is 1.44.